The Morgan fingerprint density at radius 3 is 3.00 bits per heavy atom. The highest BCUT2D eigenvalue weighted by atomic mass is 35.5. The summed E-state index contributed by atoms with van der Waals surface area (Å²) in [5.74, 6) is 0.196. The second kappa shape index (κ2) is 4.40. The van der Waals surface area contributed by atoms with Crippen LogP contribution in [0, 0.1) is 6.92 Å². The Morgan fingerprint density at radius 2 is 2.44 bits per heavy atom. The number of nitrogens with one attached hydrogen (secondary N) is 1. The van der Waals surface area contributed by atoms with E-state index in [9.17, 15) is 4.79 Å². The molecule has 2 heterocycles. The lowest BCUT2D eigenvalue weighted by Crippen LogP contribution is -2.05. The predicted octanol–water partition coefficient (Wildman–Crippen LogP) is 2.32. The third-order valence-electron chi connectivity index (χ3n) is 1.90. The minimum absolute atomic E-state index is 0.0762. The molecule has 0 saturated heterocycles. The van der Waals surface area contributed by atoms with Gasteiger partial charge in [0.25, 0.3) is 0 Å². The largest absolute Gasteiger partial charge is 0.454 e. The minimum Gasteiger partial charge on any atom is -0.454 e. The number of H-pyrrole nitrogens is 1. The molecule has 2 rings (SSSR count). The molecule has 0 aromatic carbocycles. The molecule has 6 heteroatoms. The van der Waals surface area contributed by atoms with Gasteiger partial charge in [-0.15, -0.1) is 0 Å². The number of esters is 1. The second-order valence-electron chi connectivity index (χ2n) is 3.24. The summed E-state index contributed by atoms with van der Waals surface area (Å²) in [4.78, 5) is 14.2. The second-order valence-corrected chi connectivity index (χ2v) is 3.67. The van der Waals surface area contributed by atoms with Crippen molar-refractivity contribution in [1.82, 2.24) is 10.1 Å². The highest BCUT2D eigenvalue weighted by Gasteiger charge is 2.10. The van der Waals surface area contributed by atoms with E-state index in [0.717, 1.165) is 0 Å². The highest BCUT2D eigenvalue weighted by molar-refractivity contribution is 6.30. The zero-order valence-electron chi connectivity index (χ0n) is 8.49. The fourth-order valence-corrected chi connectivity index (χ4v) is 1.35. The van der Waals surface area contributed by atoms with Crippen molar-refractivity contribution in [3.63, 3.8) is 0 Å². The molecule has 0 aliphatic rings. The van der Waals surface area contributed by atoms with E-state index in [1.165, 1.54) is 12.3 Å². The highest BCUT2D eigenvalue weighted by Crippen LogP contribution is 2.11. The van der Waals surface area contributed by atoms with Gasteiger partial charge in [0.2, 0.25) is 0 Å². The zero-order chi connectivity index (χ0) is 11.5. The number of aromatic nitrogens is 2. The molecule has 0 unspecified atom stereocenters. The number of hydrogen-bond donors (Lipinski definition) is 1. The van der Waals surface area contributed by atoms with E-state index in [4.69, 9.17) is 20.9 Å². The fraction of sp³-hybridized carbons (Fsp3) is 0.200. The Morgan fingerprint density at radius 1 is 1.62 bits per heavy atom. The van der Waals surface area contributed by atoms with Crippen LogP contribution in [0.15, 0.2) is 22.9 Å². The van der Waals surface area contributed by atoms with Gasteiger partial charge in [0.1, 0.15) is 23.8 Å². The lowest BCUT2D eigenvalue weighted by Gasteiger charge is -1.99. The first kappa shape index (κ1) is 10.8. The van der Waals surface area contributed by atoms with Gasteiger partial charge < -0.3 is 14.2 Å². The van der Waals surface area contributed by atoms with Crippen LogP contribution in [0.5, 0.6) is 0 Å². The molecular weight excluding hydrogens is 232 g/mol. The number of nitrogens with zero attached hydrogens (tertiary/aromatic N) is 1. The number of halogens is 1. The van der Waals surface area contributed by atoms with Crippen LogP contribution in [-0.2, 0) is 11.3 Å². The van der Waals surface area contributed by atoms with E-state index < -0.39 is 5.97 Å². The van der Waals surface area contributed by atoms with Crippen LogP contribution in [-0.4, -0.2) is 16.1 Å². The van der Waals surface area contributed by atoms with Crippen molar-refractivity contribution in [3.8, 4) is 0 Å². The number of hydrogen-bond acceptors (Lipinski definition) is 4. The summed E-state index contributed by atoms with van der Waals surface area (Å²) in [6, 6.07) is 3.20. The van der Waals surface area contributed by atoms with Crippen LogP contribution in [0.3, 0.4) is 0 Å². The maximum absolute atomic E-state index is 11.5. The Labute approximate surface area is 96.3 Å². The van der Waals surface area contributed by atoms with E-state index in [-0.39, 0.29) is 6.61 Å². The van der Waals surface area contributed by atoms with Crippen LogP contribution < -0.4 is 0 Å². The molecule has 0 aliphatic carbocycles. The molecule has 0 atom stereocenters. The van der Waals surface area contributed by atoms with Gasteiger partial charge in [0.05, 0.1) is 5.02 Å². The summed E-state index contributed by atoms with van der Waals surface area (Å²) in [5, 5.41) is 4.16. The molecule has 0 fully saturated rings. The molecule has 1 N–H and O–H groups in total. The van der Waals surface area contributed by atoms with E-state index in [1.807, 2.05) is 0 Å². The minimum atomic E-state index is -0.479. The van der Waals surface area contributed by atoms with Crippen LogP contribution in [0.25, 0.3) is 0 Å². The summed E-state index contributed by atoms with van der Waals surface area (Å²) in [6.07, 6.45) is 1.51. The smallest absolute Gasteiger partial charge is 0.355 e. The van der Waals surface area contributed by atoms with Crippen LogP contribution in [0.1, 0.15) is 21.9 Å². The Bertz CT molecular complexity index is 504. The SMILES string of the molecule is Cc1cc(COC(=O)c2cc(Cl)c[nH]2)no1. The molecule has 0 radical (unpaired) electrons. The molecule has 2 aromatic heterocycles. The summed E-state index contributed by atoms with van der Waals surface area (Å²) < 4.78 is 9.83. The van der Waals surface area contributed by atoms with Crippen molar-refractivity contribution in [2.45, 2.75) is 13.5 Å². The normalized spacial score (nSPS) is 10.4. The molecule has 84 valence electrons. The van der Waals surface area contributed by atoms with Crippen LogP contribution in [0.4, 0.5) is 0 Å². The van der Waals surface area contributed by atoms with Gasteiger partial charge in [-0.2, -0.15) is 0 Å². The Hall–Kier alpha value is -1.75. The van der Waals surface area contributed by atoms with Crippen molar-refractivity contribution in [2.75, 3.05) is 0 Å². The van der Waals surface area contributed by atoms with Crippen LogP contribution >= 0.6 is 11.6 Å². The maximum atomic E-state index is 11.5. The topological polar surface area (TPSA) is 68.1 Å². The van der Waals surface area contributed by atoms with E-state index in [0.29, 0.717) is 22.2 Å². The zero-order valence-corrected chi connectivity index (χ0v) is 9.25. The molecule has 0 saturated carbocycles. The third kappa shape index (κ3) is 2.43. The number of aryl methyl sites for hydroxylation is 1. The molecule has 0 bridgehead atoms. The molecule has 2 aromatic rings. The third-order valence-corrected chi connectivity index (χ3v) is 2.11. The lowest BCUT2D eigenvalue weighted by atomic mass is 10.4. The Kier molecular flexibility index (Phi) is 2.96. The first-order valence-corrected chi connectivity index (χ1v) is 4.96. The number of aromatic amines is 1. The van der Waals surface area contributed by atoms with E-state index in [1.54, 1.807) is 13.0 Å². The first-order valence-electron chi connectivity index (χ1n) is 4.58. The van der Waals surface area contributed by atoms with Gasteiger partial charge in [-0.3, -0.25) is 0 Å². The van der Waals surface area contributed by atoms with Gasteiger partial charge in [-0.05, 0) is 13.0 Å². The van der Waals surface area contributed by atoms with Gasteiger partial charge in [0.15, 0.2) is 0 Å². The number of ether oxygens (including phenoxy) is 1. The number of rotatable bonds is 3. The van der Waals surface area contributed by atoms with Crippen molar-refractivity contribution in [3.05, 3.63) is 40.5 Å². The van der Waals surface area contributed by atoms with Gasteiger partial charge in [-0.1, -0.05) is 16.8 Å². The summed E-state index contributed by atoms with van der Waals surface area (Å²) >= 11 is 5.66. The van der Waals surface area contributed by atoms with E-state index in [2.05, 4.69) is 10.1 Å². The number of carbonyl (C=O) groups excluding carboxylic acids is 1. The van der Waals surface area contributed by atoms with Crippen molar-refractivity contribution >= 4 is 17.6 Å². The standard InChI is InChI=1S/C10H9ClN2O3/c1-6-2-8(13-16-6)5-15-10(14)9-3-7(11)4-12-9/h2-4,12H,5H2,1H3. The molecule has 16 heavy (non-hydrogen) atoms. The summed E-state index contributed by atoms with van der Waals surface area (Å²) in [5.41, 5.74) is 0.883. The average Bonchev–Trinajstić information content (AvgIpc) is 2.84. The van der Waals surface area contributed by atoms with Crippen molar-refractivity contribution < 1.29 is 14.1 Å². The first-order chi connectivity index (χ1) is 7.65. The lowest BCUT2D eigenvalue weighted by molar-refractivity contribution is 0.0458. The average molecular weight is 241 g/mol. The summed E-state index contributed by atoms with van der Waals surface area (Å²) in [6.45, 7) is 1.84. The monoisotopic (exact) mass is 240 g/mol. The van der Waals surface area contributed by atoms with Crippen molar-refractivity contribution in [2.24, 2.45) is 0 Å². The predicted molar refractivity (Wildman–Crippen MR) is 56.2 cm³/mol. The van der Waals surface area contributed by atoms with Gasteiger partial charge >= 0.3 is 5.97 Å². The van der Waals surface area contributed by atoms with Gasteiger partial charge in [0, 0.05) is 12.3 Å². The molecule has 5 nitrogen and oxygen atoms in total. The molecule has 0 aliphatic heterocycles. The maximum Gasteiger partial charge on any atom is 0.355 e. The van der Waals surface area contributed by atoms with Crippen LogP contribution in [0.2, 0.25) is 5.02 Å². The summed E-state index contributed by atoms with van der Waals surface area (Å²) in [7, 11) is 0. The fourth-order valence-electron chi connectivity index (χ4n) is 1.19. The van der Waals surface area contributed by atoms with Crippen molar-refractivity contribution in [1.29, 1.82) is 0 Å². The Balaban J connectivity index is 1.93. The molecule has 0 spiro atoms. The molecular formula is C10H9ClN2O3. The number of carbonyl (C=O) groups is 1. The molecule has 0 amide bonds. The van der Waals surface area contributed by atoms with E-state index >= 15 is 0 Å². The quantitative estimate of drug-likeness (QED) is 0.836. The van der Waals surface area contributed by atoms with Gasteiger partial charge in [-0.25, -0.2) is 4.79 Å².